The second-order valence-corrected chi connectivity index (χ2v) is 10.6. The van der Waals surface area contributed by atoms with E-state index in [4.69, 9.17) is 10.5 Å². The van der Waals surface area contributed by atoms with E-state index in [0.717, 1.165) is 32.1 Å². The van der Waals surface area contributed by atoms with Crippen LogP contribution in [0.3, 0.4) is 0 Å². The zero-order valence-corrected chi connectivity index (χ0v) is 18.8. The first kappa shape index (κ1) is 21.5. The van der Waals surface area contributed by atoms with Crippen LogP contribution in [0.25, 0.3) is 0 Å². The van der Waals surface area contributed by atoms with E-state index in [9.17, 15) is 14.4 Å². The fraction of sp³-hybridized carbons (Fsp3) is 0.720. The van der Waals surface area contributed by atoms with Crippen LogP contribution < -0.4 is 5.73 Å². The number of hydrogen-bond acceptors (Lipinski definition) is 5. The van der Waals surface area contributed by atoms with E-state index >= 15 is 0 Å². The lowest BCUT2D eigenvalue weighted by molar-refractivity contribution is -0.154. The predicted molar refractivity (Wildman–Crippen MR) is 114 cm³/mol. The minimum atomic E-state index is -0.534. The van der Waals surface area contributed by atoms with Crippen LogP contribution in [0.5, 0.6) is 0 Å². The van der Waals surface area contributed by atoms with Crippen molar-refractivity contribution in [2.24, 2.45) is 39.7 Å². The van der Waals surface area contributed by atoms with Gasteiger partial charge in [0.15, 0.2) is 18.2 Å². The average molecular weight is 414 g/mol. The minimum absolute atomic E-state index is 0.00104. The number of fused-ring (bicyclic) bond motifs is 5. The first-order valence-corrected chi connectivity index (χ1v) is 11.4. The Morgan fingerprint density at radius 2 is 1.97 bits per heavy atom. The topological polar surface area (TPSA) is 86.5 Å². The number of hydrogen-bond donors (Lipinski definition) is 1. The lowest BCUT2D eigenvalue weighted by Gasteiger charge is -2.55. The summed E-state index contributed by atoms with van der Waals surface area (Å²) in [6, 6.07) is 0. The number of ketones is 2. The van der Waals surface area contributed by atoms with Crippen LogP contribution in [0.2, 0.25) is 0 Å². The van der Waals surface area contributed by atoms with Crippen molar-refractivity contribution in [1.29, 1.82) is 0 Å². The molecule has 30 heavy (non-hydrogen) atoms. The molecule has 6 atom stereocenters. The van der Waals surface area contributed by atoms with Crippen molar-refractivity contribution in [3.8, 4) is 0 Å². The number of esters is 1. The monoisotopic (exact) mass is 413 g/mol. The number of allylic oxidation sites excluding steroid dienone is 4. The number of ether oxygens (including phenoxy) is 1. The second-order valence-electron chi connectivity index (χ2n) is 10.6. The molecular formula is C25H35NO4. The summed E-state index contributed by atoms with van der Waals surface area (Å²) in [5.41, 5.74) is 7.46. The van der Waals surface area contributed by atoms with Crippen LogP contribution in [-0.2, 0) is 19.1 Å². The van der Waals surface area contributed by atoms with Gasteiger partial charge in [0.05, 0.1) is 6.54 Å². The number of Topliss-reactive ketones (excluding diaryl/α,β-unsaturated/α-hetero) is 1. The van der Waals surface area contributed by atoms with E-state index in [1.807, 2.05) is 6.08 Å². The van der Waals surface area contributed by atoms with E-state index in [1.165, 1.54) is 11.1 Å². The fourth-order valence-corrected chi connectivity index (χ4v) is 7.37. The van der Waals surface area contributed by atoms with Crippen LogP contribution in [0.1, 0.15) is 66.2 Å². The summed E-state index contributed by atoms with van der Waals surface area (Å²) in [5.74, 6) is 0.871. The molecule has 2 saturated carbocycles. The molecular weight excluding hydrogens is 378 g/mol. The molecule has 164 valence electrons. The predicted octanol–water partition coefficient (Wildman–Crippen LogP) is 3.76. The summed E-state index contributed by atoms with van der Waals surface area (Å²) in [6.45, 7) is 8.47. The van der Waals surface area contributed by atoms with Gasteiger partial charge in [-0.1, -0.05) is 44.9 Å². The molecule has 4 rings (SSSR count). The van der Waals surface area contributed by atoms with E-state index in [0.29, 0.717) is 18.3 Å². The Morgan fingerprint density at radius 1 is 1.23 bits per heavy atom. The van der Waals surface area contributed by atoms with Gasteiger partial charge in [-0.2, -0.15) is 0 Å². The first-order chi connectivity index (χ1) is 14.1. The van der Waals surface area contributed by atoms with Crippen molar-refractivity contribution >= 4 is 17.5 Å². The molecule has 0 heterocycles. The van der Waals surface area contributed by atoms with E-state index in [-0.39, 0.29) is 41.5 Å². The lowest BCUT2D eigenvalue weighted by atomic mass is 9.48. The molecule has 5 nitrogen and oxygen atoms in total. The van der Waals surface area contributed by atoms with Gasteiger partial charge >= 0.3 is 5.97 Å². The number of carbonyl (C=O) groups excluding carboxylic acids is 3. The molecule has 5 heteroatoms. The van der Waals surface area contributed by atoms with E-state index in [2.05, 4.69) is 33.8 Å². The maximum atomic E-state index is 13.4. The molecule has 2 N–H and O–H groups in total. The van der Waals surface area contributed by atoms with Gasteiger partial charge in [-0.15, -0.1) is 0 Å². The molecule has 0 bridgehead atoms. The second kappa shape index (κ2) is 7.15. The molecule has 0 radical (unpaired) electrons. The Kier molecular flexibility index (Phi) is 5.12. The number of nitrogens with two attached hydrogens (primary N) is 1. The van der Waals surface area contributed by atoms with Gasteiger partial charge in [-0.25, -0.2) is 0 Å². The lowest BCUT2D eigenvalue weighted by Crippen LogP contribution is -2.51. The first-order valence-electron chi connectivity index (χ1n) is 11.4. The molecule has 0 amide bonds. The Balaban J connectivity index is 1.67. The molecule has 0 aromatic rings. The highest BCUT2D eigenvalue weighted by Gasteiger charge is 2.65. The summed E-state index contributed by atoms with van der Waals surface area (Å²) in [7, 11) is 0. The van der Waals surface area contributed by atoms with Gasteiger partial charge < -0.3 is 10.5 Å². The summed E-state index contributed by atoms with van der Waals surface area (Å²) in [5, 5.41) is 0. The van der Waals surface area contributed by atoms with Crippen LogP contribution in [0.4, 0.5) is 0 Å². The fourth-order valence-electron chi connectivity index (χ4n) is 7.37. The zero-order valence-electron chi connectivity index (χ0n) is 18.8. The van der Waals surface area contributed by atoms with Crippen LogP contribution in [0, 0.1) is 34.0 Å². The van der Waals surface area contributed by atoms with Gasteiger partial charge in [0.2, 0.25) is 0 Å². The van der Waals surface area contributed by atoms with Gasteiger partial charge in [-0.05, 0) is 61.3 Å². The molecule has 2 fully saturated rings. The van der Waals surface area contributed by atoms with E-state index in [1.54, 1.807) is 0 Å². The summed E-state index contributed by atoms with van der Waals surface area (Å²) < 4.78 is 5.14. The Morgan fingerprint density at radius 3 is 2.67 bits per heavy atom. The van der Waals surface area contributed by atoms with E-state index < -0.39 is 11.4 Å². The molecule has 0 aromatic carbocycles. The van der Waals surface area contributed by atoms with Gasteiger partial charge in [-0.3, -0.25) is 14.4 Å². The maximum Gasteiger partial charge on any atom is 0.320 e. The highest BCUT2D eigenvalue weighted by atomic mass is 16.5. The summed E-state index contributed by atoms with van der Waals surface area (Å²) >= 11 is 0. The van der Waals surface area contributed by atoms with Crippen molar-refractivity contribution in [3.05, 3.63) is 23.3 Å². The summed E-state index contributed by atoms with van der Waals surface area (Å²) in [4.78, 5) is 36.9. The minimum Gasteiger partial charge on any atom is -0.457 e. The molecule has 4 aliphatic carbocycles. The highest BCUT2D eigenvalue weighted by Crippen LogP contribution is 2.69. The van der Waals surface area contributed by atoms with Crippen molar-refractivity contribution in [2.45, 2.75) is 66.2 Å². The quantitative estimate of drug-likeness (QED) is 0.560. The number of carbonyl (C=O) groups is 3. The zero-order chi connectivity index (χ0) is 21.9. The molecule has 0 aliphatic heterocycles. The summed E-state index contributed by atoms with van der Waals surface area (Å²) in [6.07, 6.45) is 9.75. The third-order valence-corrected chi connectivity index (χ3v) is 9.62. The van der Waals surface area contributed by atoms with Crippen molar-refractivity contribution in [2.75, 3.05) is 13.2 Å². The molecule has 0 spiro atoms. The highest BCUT2D eigenvalue weighted by molar-refractivity contribution is 5.92. The molecule has 0 aromatic heterocycles. The Labute approximate surface area is 179 Å². The van der Waals surface area contributed by atoms with Crippen LogP contribution in [-0.4, -0.2) is 30.7 Å². The van der Waals surface area contributed by atoms with Crippen LogP contribution >= 0.6 is 0 Å². The normalized spacial score (nSPS) is 42.4. The van der Waals surface area contributed by atoms with Gasteiger partial charge in [0.25, 0.3) is 0 Å². The maximum absolute atomic E-state index is 13.4. The van der Waals surface area contributed by atoms with Crippen molar-refractivity contribution in [3.63, 3.8) is 0 Å². The SMILES string of the molecule is CC1CC2C3CCC4=CC(=O)CCC4(C)C3=CCC2(C)C1(C)C(=O)COC(=O)CN. The van der Waals surface area contributed by atoms with Crippen molar-refractivity contribution < 1.29 is 19.1 Å². The van der Waals surface area contributed by atoms with Crippen molar-refractivity contribution in [1.82, 2.24) is 0 Å². The van der Waals surface area contributed by atoms with Gasteiger partial charge in [0.1, 0.15) is 0 Å². The average Bonchev–Trinajstić information content (AvgIpc) is 2.93. The smallest absolute Gasteiger partial charge is 0.320 e. The largest absolute Gasteiger partial charge is 0.457 e. The molecule has 0 saturated heterocycles. The Bertz CT molecular complexity index is 857. The van der Waals surface area contributed by atoms with Crippen LogP contribution in [0.15, 0.2) is 23.3 Å². The third-order valence-electron chi connectivity index (χ3n) is 9.62. The Hall–Kier alpha value is -1.75. The van der Waals surface area contributed by atoms with Gasteiger partial charge in [0, 0.05) is 17.3 Å². The molecule has 4 aliphatic rings. The standard InChI is InChI=1S/C25H35NO4/c1-15-11-20-18-6-5-16-12-17(27)7-9-23(16,2)19(18)8-10-24(20,3)25(15,4)21(28)14-30-22(29)13-26/h8,12,15,18,20H,5-7,9-11,13-14,26H2,1-4H3. The third kappa shape index (κ3) is 2.80. The number of rotatable bonds is 4. The molecule has 6 unspecified atom stereocenters.